The van der Waals surface area contributed by atoms with Gasteiger partial charge in [-0.25, -0.2) is 0 Å². The summed E-state index contributed by atoms with van der Waals surface area (Å²) in [6.45, 7) is 11.3. The van der Waals surface area contributed by atoms with E-state index in [1.165, 1.54) is 6.42 Å². The number of rotatable bonds is 8. The highest BCUT2D eigenvalue weighted by Gasteiger charge is 2.36. The van der Waals surface area contributed by atoms with Gasteiger partial charge in [-0.1, -0.05) is 6.92 Å². The number of aliphatic hydroxyl groups excluding tert-OH is 1. The molecule has 4 heteroatoms. The molecule has 1 aliphatic heterocycles. The van der Waals surface area contributed by atoms with E-state index in [-0.39, 0.29) is 17.6 Å². The molecule has 1 unspecified atom stereocenters. The minimum absolute atomic E-state index is 0.171. The lowest BCUT2D eigenvalue weighted by Crippen LogP contribution is -2.54. The molecule has 0 aromatic carbocycles. The first-order valence-electron chi connectivity index (χ1n) is 7.56. The molecule has 0 spiro atoms. The lowest BCUT2D eigenvalue weighted by molar-refractivity contribution is -0.0436. The number of likely N-dealkylation sites (N-methyl/N-ethyl adjacent to an activating group) is 1. The molecule has 19 heavy (non-hydrogen) atoms. The van der Waals surface area contributed by atoms with E-state index in [9.17, 15) is 5.11 Å². The van der Waals surface area contributed by atoms with Gasteiger partial charge in [0.1, 0.15) is 0 Å². The molecule has 0 aromatic rings. The highest BCUT2D eigenvalue weighted by molar-refractivity contribution is 4.90. The van der Waals surface area contributed by atoms with Gasteiger partial charge in [-0.15, -0.1) is 0 Å². The van der Waals surface area contributed by atoms with Gasteiger partial charge < -0.3 is 15.2 Å². The summed E-state index contributed by atoms with van der Waals surface area (Å²) >= 11 is 0. The van der Waals surface area contributed by atoms with Crippen LogP contribution in [-0.2, 0) is 4.74 Å². The van der Waals surface area contributed by atoms with Crippen molar-refractivity contribution in [3.05, 3.63) is 0 Å². The Kier molecular flexibility index (Phi) is 6.74. The Labute approximate surface area is 118 Å². The van der Waals surface area contributed by atoms with Gasteiger partial charge in [0.05, 0.1) is 13.2 Å². The van der Waals surface area contributed by atoms with Crippen LogP contribution in [-0.4, -0.2) is 62.0 Å². The highest BCUT2D eigenvalue weighted by Crippen LogP contribution is 2.30. The fourth-order valence-corrected chi connectivity index (χ4v) is 2.60. The van der Waals surface area contributed by atoms with E-state index in [1.54, 1.807) is 0 Å². The number of aliphatic hydroxyl groups is 1. The van der Waals surface area contributed by atoms with Gasteiger partial charge in [-0.3, -0.25) is 4.90 Å². The van der Waals surface area contributed by atoms with Gasteiger partial charge in [0.15, 0.2) is 0 Å². The van der Waals surface area contributed by atoms with Crippen molar-refractivity contribution in [1.29, 1.82) is 0 Å². The summed E-state index contributed by atoms with van der Waals surface area (Å²) in [6.07, 6.45) is 3.51. The topological polar surface area (TPSA) is 44.7 Å². The normalized spacial score (nSPS) is 24.9. The summed E-state index contributed by atoms with van der Waals surface area (Å²) in [6, 6.07) is 0. The van der Waals surface area contributed by atoms with Crippen LogP contribution in [0.1, 0.15) is 40.0 Å². The maximum atomic E-state index is 9.50. The minimum Gasteiger partial charge on any atom is -0.394 e. The fourth-order valence-electron chi connectivity index (χ4n) is 2.60. The first-order chi connectivity index (χ1) is 8.96. The molecular formula is C15H32N2O2. The summed E-state index contributed by atoms with van der Waals surface area (Å²) in [7, 11) is 2.10. The summed E-state index contributed by atoms with van der Waals surface area (Å²) in [4.78, 5) is 2.27. The molecule has 1 saturated heterocycles. The standard InChI is InChI=1S/C15H32N2O2/c1-5-8-16-10-15(7-6-9-19-13-15)11-17(4)14(2,3)12-18/h16,18H,5-13H2,1-4H3. The molecule has 1 rings (SSSR count). The van der Waals surface area contributed by atoms with E-state index in [4.69, 9.17) is 4.74 Å². The van der Waals surface area contributed by atoms with E-state index >= 15 is 0 Å². The van der Waals surface area contributed by atoms with Crippen LogP contribution in [0.5, 0.6) is 0 Å². The highest BCUT2D eigenvalue weighted by atomic mass is 16.5. The molecule has 1 atom stereocenters. The van der Waals surface area contributed by atoms with Crippen molar-refractivity contribution < 1.29 is 9.84 Å². The monoisotopic (exact) mass is 272 g/mol. The molecule has 0 saturated carbocycles. The average molecular weight is 272 g/mol. The van der Waals surface area contributed by atoms with Gasteiger partial charge in [0.25, 0.3) is 0 Å². The second-order valence-corrected chi connectivity index (χ2v) is 6.66. The molecule has 1 heterocycles. The molecule has 0 amide bonds. The van der Waals surface area contributed by atoms with Crippen LogP contribution < -0.4 is 5.32 Å². The molecule has 4 nitrogen and oxygen atoms in total. The lowest BCUT2D eigenvalue weighted by atomic mass is 9.81. The Hall–Kier alpha value is -0.160. The number of nitrogens with one attached hydrogen (secondary N) is 1. The van der Waals surface area contributed by atoms with Crippen LogP contribution in [0.4, 0.5) is 0 Å². The van der Waals surface area contributed by atoms with Crippen molar-refractivity contribution in [3.63, 3.8) is 0 Å². The SMILES string of the molecule is CCCNCC1(CN(C)C(C)(C)CO)CCCOC1. The van der Waals surface area contributed by atoms with Crippen LogP contribution >= 0.6 is 0 Å². The Morgan fingerprint density at radius 1 is 1.42 bits per heavy atom. The van der Waals surface area contributed by atoms with Crippen molar-refractivity contribution in [1.82, 2.24) is 10.2 Å². The van der Waals surface area contributed by atoms with E-state index in [0.29, 0.717) is 0 Å². The fraction of sp³-hybridized carbons (Fsp3) is 1.00. The third-order valence-corrected chi connectivity index (χ3v) is 4.32. The Balaban J connectivity index is 2.63. The molecule has 114 valence electrons. The summed E-state index contributed by atoms with van der Waals surface area (Å²) in [5.74, 6) is 0. The molecular weight excluding hydrogens is 240 g/mol. The zero-order valence-corrected chi connectivity index (χ0v) is 13.2. The van der Waals surface area contributed by atoms with Gasteiger partial charge in [0, 0.05) is 30.7 Å². The van der Waals surface area contributed by atoms with Crippen molar-refractivity contribution in [2.45, 2.75) is 45.6 Å². The smallest absolute Gasteiger partial charge is 0.0609 e. The zero-order valence-electron chi connectivity index (χ0n) is 13.2. The minimum atomic E-state index is -0.171. The number of hydrogen-bond acceptors (Lipinski definition) is 4. The average Bonchev–Trinajstić information content (AvgIpc) is 2.40. The third-order valence-electron chi connectivity index (χ3n) is 4.32. The van der Waals surface area contributed by atoms with E-state index in [2.05, 4.69) is 38.0 Å². The molecule has 0 aliphatic carbocycles. The van der Waals surface area contributed by atoms with E-state index in [1.807, 2.05) is 0 Å². The van der Waals surface area contributed by atoms with Crippen molar-refractivity contribution in [3.8, 4) is 0 Å². The van der Waals surface area contributed by atoms with Gasteiger partial charge in [-0.05, 0) is 46.7 Å². The molecule has 2 N–H and O–H groups in total. The maximum Gasteiger partial charge on any atom is 0.0609 e. The third kappa shape index (κ3) is 5.03. The van der Waals surface area contributed by atoms with Gasteiger partial charge >= 0.3 is 0 Å². The first-order valence-corrected chi connectivity index (χ1v) is 7.56. The van der Waals surface area contributed by atoms with Crippen molar-refractivity contribution >= 4 is 0 Å². The van der Waals surface area contributed by atoms with Crippen LogP contribution in [0.3, 0.4) is 0 Å². The Morgan fingerprint density at radius 3 is 2.68 bits per heavy atom. The maximum absolute atomic E-state index is 9.50. The summed E-state index contributed by atoms with van der Waals surface area (Å²) in [5, 5.41) is 13.1. The van der Waals surface area contributed by atoms with Crippen LogP contribution in [0.15, 0.2) is 0 Å². The summed E-state index contributed by atoms with van der Waals surface area (Å²) in [5.41, 5.74) is 0.0177. The zero-order chi connectivity index (χ0) is 14.4. The van der Waals surface area contributed by atoms with Gasteiger partial charge in [-0.2, -0.15) is 0 Å². The molecule has 0 bridgehead atoms. The van der Waals surface area contributed by atoms with E-state index < -0.39 is 0 Å². The molecule has 1 aliphatic rings. The largest absolute Gasteiger partial charge is 0.394 e. The van der Waals surface area contributed by atoms with Crippen LogP contribution in [0.25, 0.3) is 0 Å². The number of nitrogens with zero attached hydrogens (tertiary/aromatic N) is 1. The Bertz CT molecular complexity index is 251. The molecule has 1 fully saturated rings. The van der Waals surface area contributed by atoms with Crippen molar-refractivity contribution in [2.75, 3.05) is 46.5 Å². The molecule has 0 radical (unpaired) electrons. The van der Waals surface area contributed by atoms with Crippen molar-refractivity contribution in [2.24, 2.45) is 5.41 Å². The van der Waals surface area contributed by atoms with Crippen LogP contribution in [0.2, 0.25) is 0 Å². The predicted molar refractivity (Wildman–Crippen MR) is 79.4 cm³/mol. The second kappa shape index (κ2) is 7.58. The van der Waals surface area contributed by atoms with Crippen LogP contribution in [0, 0.1) is 5.41 Å². The molecule has 0 aromatic heterocycles. The number of hydrogen-bond donors (Lipinski definition) is 2. The predicted octanol–water partition coefficient (Wildman–Crippen LogP) is 1.49. The quantitative estimate of drug-likeness (QED) is 0.657. The van der Waals surface area contributed by atoms with Gasteiger partial charge in [0.2, 0.25) is 0 Å². The Morgan fingerprint density at radius 2 is 2.16 bits per heavy atom. The van der Waals surface area contributed by atoms with E-state index in [0.717, 1.165) is 45.7 Å². The number of ether oxygens (including phenoxy) is 1. The second-order valence-electron chi connectivity index (χ2n) is 6.66. The summed E-state index contributed by atoms with van der Waals surface area (Å²) < 4.78 is 5.73. The first kappa shape index (κ1) is 16.9. The lowest BCUT2D eigenvalue weighted by Gasteiger charge is -2.44.